The van der Waals surface area contributed by atoms with Gasteiger partial charge in [-0.05, 0) is 90.0 Å². The first-order chi connectivity index (χ1) is 23.7. The molecule has 2 heteroatoms. The molecule has 0 fully saturated rings. The Labute approximate surface area is 280 Å². The molecule has 2 heterocycles. The van der Waals surface area contributed by atoms with Crippen molar-refractivity contribution in [3.63, 3.8) is 0 Å². The lowest BCUT2D eigenvalue weighted by molar-refractivity contribution is 0.669. The number of fused-ring (bicyclic) bond motifs is 6. The Morgan fingerprint density at radius 3 is 1.75 bits per heavy atom. The zero-order valence-corrected chi connectivity index (χ0v) is 26.9. The Morgan fingerprint density at radius 2 is 1.06 bits per heavy atom. The second-order valence-corrected chi connectivity index (χ2v) is 13.0. The lowest BCUT2D eigenvalue weighted by Crippen LogP contribution is -2.04. The summed E-state index contributed by atoms with van der Waals surface area (Å²) in [6.07, 6.45) is 2.03. The van der Waals surface area contributed by atoms with Crippen molar-refractivity contribution in [1.82, 2.24) is 4.57 Å². The number of hydrogen-bond acceptors (Lipinski definition) is 1. The molecule has 2 nitrogen and oxygen atoms in total. The van der Waals surface area contributed by atoms with Gasteiger partial charge in [0.15, 0.2) is 0 Å². The molecule has 0 saturated heterocycles. The van der Waals surface area contributed by atoms with Crippen molar-refractivity contribution >= 4 is 43.7 Å². The van der Waals surface area contributed by atoms with Gasteiger partial charge in [0.2, 0.25) is 0 Å². The van der Waals surface area contributed by atoms with Crippen LogP contribution < -0.4 is 0 Å². The topological polar surface area (TPSA) is 18.1 Å². The van der Waals surface area contributed by atoms with Gasteiger partial charge in [0.1, 0.15) is 11.2 Å². The predicted molar refractivity (Wildman–Crippen MR) is 201 cm³/mol. The van der Waals surface area contributed by atoms with Crippen molar-refractivity contribution < 1.29 is 4.42 Å². The summed E-state index contributed by atoms with van der Waals surface area (Å²) in [7, 11) is 0. The fourth-order valence-corrected chi connectivity index (χ4v) is 7.46. The van der Waals surface area contributed by atoms with E-state index < -0.39 is 0 Å². The summed E-state index contributed by atoms with van der Waals surface area (Å²) in [5.41, 5.74) is 13.3. The first-order valence-corrected chi connectivity index (χ1v) is 16.9. The van der Waals surface area contributed by atoms with Gasteiger partial charge >= 0.3 is 0 Å². The molecule has 0 radical (unpaired) electrons. The van der Waals surface area contributed by atoms with Gasteiger partial charge in [0.25, 0.3) is 0 Å². The summed E-state index contributed by atoms with van der Waals surface area (Å²) in [5.74, 6) is 0.303. The van der Waals surface area contributed by atoms with Gasteiger partial charge in [-0.2, -0.15) is 0 Å². The normalized spacial score (nSPS) is 12.4. The highest BCUT2D eigenvalue weighted by molar-refractivity contribution is 6.09. The number of aryl methyl sites for hydroxylation is 2. The highest BCUT2D eigenvalue weighted by atomic mass is 16.3. The van der Waals surface area contributed by atoms with Gasteiger partial charge in [-0.3, -0.25) is 0 Å². The molecule has 7 aromatic carbocycles. The van der Waals surface area contributed by atoms with E-state index >= 15 is 0 Å². The third-order valence-electron chi connectivity index (χ3n) is 10.00. The number of para-hydroxylation sites is 3. The average molecular weight is 618 g/mol. The Hall–Kier alpha value is -5.86. The molecule has 1 atom stereocenters. The van der Waals surface area contributed by atoms with E-state index in [1.807, 2.05) is 12.1 Å². The summed E-state index contributed by atoms with van der Waals surface area (Å²) >= 11 is 0. The van der Waals surface area contributed by atoms with E-state index in [4.69, 9.17) is 4.42 Å². The second-order valence-electron chi connectivity index (χ2n) is 13.0. The van der Waals surface area contributed by atoms with Crippen LogP contribution in [0.3, 0.4) is 0 Å². The summed E-state index contributed by atoms with van der Waals surface area (Å²) in [6, 6.07) is 59.7. The number of rotatable bonds is 7. The fraction of sp³-hybridized carbons (Fsp3) is 0.0870. The zero-order valence-electron chi connectivity index (χ0n) is 26.9. The van der Waals surface area contributed by atoms with Gasteiger partial charge in [0.05, 0.1) is 11.0 Å². The van der Waals surface area contributed by atoms with E-state index in [-0.39, 0.29) is 0 Å². The van der Waals surface area contributed by atoms with Crippen LogP contribution in [0, 0.1) is 6.92 Å². The van der Waals surface area contributed by atoms with Crippen LogP contribution in [0.15, 0.2) is 168 Å². The molecular weight excluding hydrogens is 583 g/mol. The maximum Gasteiger partial charge on any atom is 0.135 e. The first kappa shape index (κ1) is 28.4. The highest BCUT2D eigenvalue weighted by Gasteiger charge is 2.16. The van der Waals surface area contributed by atoms with Crippen LogP contribution in [0.5, 0.6) is 0 Å². The molecule has 0 saturated carbocycles. The molecule has 0 aliphatic heterocycles. The van der Waals surface area contributed by atoms with Gasteiger partial charge in [-0.1, -0.05) is 127 Å². The Bertz CT molecular complexity index is 2500. The third kappa shape index (κ3) is 4.98. The van der Waals surface area contributed by atoms with Gasteiger partial charge in [-0.25, -0.2) is 0 Å². The minimum absolute atomic E-state index is 0.303. The van der Waals surface area contributed by atoms with Gasteiger partial charge < -0.3 is 8.98 Å². The lowest BCUT2D eigenvalue weighted by Gasteiger charge is -2.19. The SMILES string of the molecule is Cc1ccc(C(CCc2ccc(-n3c4ccccc4c4ccccc43)cc2)c2ccc(-c3ccc4oc5ccccc5c4c3)cc2)cc1. The summed E-state index contributed by atoms with van der Waals surface area (Å²) in [6.45, 7) is 2.16. The molecular formula is C46H35NO. The summed E-state index contributed by atoms with van der Waals surface area (Å²) in [5, 5.41) is 4.90. The molecule has 0 N–H and O–H groups in total. The van der Waals surface area contributed by atoms with Crippen molar-refractivity contribution in [2.45, 2.75) is 25.7 Å². The summed E-state index contributed by atoms with van der Waals surface area (Å²) < 4.78 is 8.46. The van der Waals surface area contributed by atoms with Gasteiger partial charge in [0, 0.05) is 33.2 Å². The number of hydrogen-bond donors (Lipinski definition) is 0. The van der Waals surface area contributed by atoms with E-state index in [0.29, 0.717) is 5.92 Å². The molecule has 230 valence electrons. The van der Waals surface area contributed by atoms with Crippen LogP contribution in [0.1, 0.15) is 34.6 Å². The molecule has 0 bridgehead atoms. The van der Waals surface area contributed by atoms with Crippen LogP contribution in [0.2, 0.25) is 0 Å². The standard InChI is InChI=1S/C46H35NO/c1-31-14-19-34(20-15-31)38(35-23-21-33(22-24-35)36-25-29-46-42(30-36)41-10-4-7-13-45(41)48-46)28-18-32-16-26-37(27-17-32)47-43-11-5-2-8-39(43)40-9-3-6-12-44(40)47/h2-17,19-27,29-30,38H,18,28H2,1H3. The minimum atomic E-state index is 0.303. The predicted octanol–water partition coefficient (Wildman–Crippen LogP) is 12.4. The smallest absolute Gasteiger partial charge is 0.135 e. The Balaban J connectivity index is 1.00. The van der Waals surface area contributed by atoms with Crippen LogP contribution >= 0.6 is 0 Å². The molecule has 9 aromatic rings. The van der Waals surface area contributed by atoms with Crippen molar-refractivity contribution in [2.75, 3.05) is 0 Å². The van der Waals surface area contributed by atoms with E-state index in [2.05, 4.69) is 163 Å². The van der Waals surface area contributed by atoms with Crippen molar-refractivity contribution in [3.8, 4) is 16.8 Å². The number of furan rings is 1. The van der Waals surface area contributed by atoms with Crippen LogP contribution in [0.4, 0.5) is 0 Å². The highest BCUT2D eigenvalue weighted by Crippen LogP contribution is 2.36. The maximum absolute atomic E-state index is 6.07. The van der Waals surface area contributed by atoms with Crippen molar-refractivity contribution in [2.24, 2.45) is 0 Å². The van der Waals surface area contributed by atoms with E-state index in [9.17, 15) is 0 Å². The zero-order chi connectivity index (χ0) is 32.0. The number of benzene rings is 7. The molecule has 0 amide bonds. The quantitative estimate of drug-likeness (QED) is 0.174. The second kappa shape index (κ2) is 11.7. The van der Waals surface area contributed by atoms with Crippen molar-refractivity contribution in [1.29, 1.82) is 0 Å². The van der Waals surface area contributed by atoms with Crippen LogP contribution in [-0.4, -0.2) is 4.57 Å². The van der Waals surface area contributed by atoms with E-state index in [1.54, 1.807) is 0 Å². The van der Waals surface area contributed by atoms with Gasteiger partial charge in [-0.15, -0.1) is 0 Å². The third-order valence-corrected chi connectivity index (χ3v) is 10.00. The maximum atomic E-state index is 6.07. The largest absolute Gasteiger partial charge is 0.456 e. The molecule has 0 spiro atoms. The Kier molecular flexibility index (Phi) is 6.94. The lowest BCUT2D eigenvalue weighted by atomic mass is 9.85. The number of nitrogens with zero attached hydrogens (tertiary/aromatic N) is 1. The monoisotopic (exact) mass is 617 g/mol. The first-order valence-electron chi connectivity index (χ1n) is 16.9. The van der Waals surface area contributed by atoms with Crippen LogP contribution in [0.25, 0.3) is 60.6 Å². The minimum Gasteiger partial charge on any atom is -0.456 e. The summed E-state index contributed by atoms with van der Waals surface area (Å²) in [4.78, 5) is 0. The molecule has 48 heavy (non-hydrogen) atoms. The molecule has 2 aromatic heterocycles. The van der Waals surface area contributed by atoms with Crippen molar-refractivity contribution in [3.05, 3.63) is 186 Å². The fourth-order valence-electron chi connectivity index (χ4n) is 7.46. The number of aromatic nitrogens is 1. The van der Waals surface area contributed by atoms with E-state index in [0.717, 1.165) is 34.8 Å². The molecule has 0 aliphatic rings. The van der Waals surface area contributed by atoms with E-state index in [1.165, 1.54) is 60.9 Å². The molecule has 9 rings (SSSR count). The van der Waals surface area contributed by atoms with Crippen LogP contribution in [-0.2, 0) is 6.42 Å². The molecule has 1 unspecified atom stereocenters. The average Bonchev–Trinajstić information content (AvgIpc) is 3.68. The molecule has 0 aliphatic carbocycles. The Morgan fingerprint density at radius 1 is 0.500 bits per heavy atom.